The van der Waals surface area contributed by atoms with Gasteiger partial charge < -0.3 is 34.6 Å². The summed E-state index contributed by atoms with van der Waals surface area (Å²) in [5, 5.41) is 6.56. The van der Waals surface area contributed by atoms with Crippen molar-refractivity contribution < 1.29 is 41.8 Å². The first kappa shape index (κ1) is 38.7. The van der Waals surface area contributed by atoms with Gasteiger partial charge in [0.2, 0.25) is 27.7 Å². The number of pyridine rings is 1. The number of aryl methyl sites for hydroxylation is 1. The summed E-state index contributed by atoms with van der Waals surface area (Å²) in [6.07, 6.45) is 8.64. The number of hydrogen-bond donors (Lipinski definition) is 3. The Bertz CT molecular complexity index is 2000. The van der Waals surface area contributed by atoms with E-state index in [1.165, 1.54) is 4.90 Å². The van der Waals surface area contributed by atoms with E-state index in [0.717, 1.165) is 24.8 Å². The molecular formula is C39H52N6O9S. The van der Waals surface area contributed by atoms with Gasteiger partial charge in [0.25, 0.3) is 5.91 Å². The van der Waals surface area contributed by atoms with Gasteiger partial charge in [-0.15, -0.1) is 0 Å². The minimum atomic E-state index is -3.98. The Balaban J connectivity index is 1.21. The van der Waals surface area contributed by atoms with E-state index in [1.54, 1.807) is 25.0 Å². The average Bonchev–Trinajstić information content (AvgIpc) is 4.00. The topological polar surface area (TPSA) is 186 Å². The highest BCUT2D eigenvalue weighted by Gasteiger charge is 2.63. The van der Waals surface area contributed by atoms with Crippen LogP contribution in [0.3, 0.4) is 0 Å². The minimum absolute atomic E-state index is 0.0190. The summed E-state index contributed by atoms with van der Waals surface area (Å²) >= 11 is 0. The second-order valence-electron chi connectivity index (χ2n) is 15.7. The van der Waals surface area contributed by atoms with Crippen molar-refractivity contribution in [2.75, 3.05) is 33.4 Å². The maximum atomic E-state index is 14.6. The van der Waals surface area contributed by atoms with Crippen LogP contribution in [0.4, 0.5) is 4.79 Å². The molecule has 2 aliphatic carbocycles. The number of nitrogens with one attached hydrogen (secondary N) is 3. The minimum Gasteiger partial charge on any atom is -0.496 e. The summed E-state index contributed by atoms with van der Waals surface area (Å²) in [6.45, 7) is 6.94. The lowest BCUT2D eigenvalue weighted by Crippen LogP contribution is -2.59. The van der Waals surface area contributed by atoms with Crippen LogP contribution in [0, 0.1) is 12.8 Å². The predicted octanol–water partition coefficient (Wildman–Crippen LogP) is 3.48. The standard InChI is InChI=1S/C39H52N6O9S/c1-5-53-32-21-31(27-14-15-30(52-4)24(2)33(27)41-32)54-26-20-29-34(46)42-39(36(48)43-55(50,51)38(3)16-17-38)22-25(39)12-9-7-6-8-10-13-28(35(47)45(29)23-26)40-37(49)44-18-11-19-44/h9,12,14-15,21,25-26,28-29H,5-8,10-11,13,16-20,22-23H2,1-4H3,(H,40,49)(H,42,46)(H,43,48)/b12-9-/t25-,26-,28+,29+,39-/m1/s1. The van der Waals surface area contributed by atoms with E-state index in [2.05, 4.69) is 15.4 Å². The van der Waals surface area contributed by atoms with E-state index in [1.807, 2.05) is 38.1 Å². The number of urea groups is 1. The highest BCUT2D eigenvalue weighted by Crippen LogP contribution is 2.47. The van der Waals surface area contributed by atoms with E-state index in [4.69, 9.17) is 19.2 Å². The van der Waals surface area contributed by atoms with E-state index in [9.17, 15) is 27.6 Å². The molecule has 2 saturated carbocycles. The van der Waals surface area contributed by atoms with Crippen molar-refractivity contribution in [3.8, 4) is 17.4 Å². The van der Waals surface area contributed by atoms with Gasteiger partial charge in [-0.05, 0) is 77.8 Å². The van der Waals surface area contributed by atoms with Crippen molar-refractivity contribution in [2.24, 2.45) is 5.92 Å². The van der Waals surface area contributed by atoms with Crippen LogP contribution in [-0.4, -0.2) is 109 Å². The summed E-state index contributed by atoms with van der Waals surface area (Å²) in [5.41, 5.74) is -0.101. The lowest BCUT2D eigenvalue weighted by atomic mass is 10.0. The Kier molecular flexibility index (Phi) is 10.7. The molecule has 7 rings (SSSR count). The number of carbonyl (C=O) groups excluding carboxylic acids is 4. The summed E-state index contributed by atoms with van der Waals surface area (Å²) < 4.78 is 45.6. The van der Waals surface area contributed by atoms with Crippen LogP contribution in [0.1, 0.15) is 83.6 Å². The van der Waals surface area contributed by atoms with Crippen molar-refractivity contribution in [3.63, 3.8) is 0 Å². The van der Waals surface area contributed by atoms with E-state index >= 15 is 0 Å². The summed E-state index contributed by atoms with van der Waals surface area (Å²) in [5.74, 6) is -0.793. The number of sulfonamides is 1. The molecule has 1 aromatic carbocycles. The van der Waals surface area contributed by atoms with E-state index in [-0.39, 0.29) is 25.4 Å². The number of rotatable bonds is 9. The van der Waals surface area contributed by atoms with Gasteiger partial charge in [0.1, 0.15) is 35.2 Å². The number of methoxy groups -OCH3 is 1. The number of aromatic nitrogens is 1. The van der Waals surface area contributed by atoms with E-state index in [0.29, 0.717) is 80.1 Å². The molecule has 5 amide bonds. The normalized spacial score (nSPS) is 28.3. The molecule has 4 fully saturated rings. The van der Waals surface area contributed by atoms with Crippen LogP contribution in [-0.2, 0) is 24.4 Å². The number of amides is 5. The number of likely N-dealkylation sites (tertiary alicyclic amines) is 1. The summed E-state index contributed by atoms with van der Waals surface area (Å²) in [4.78, 5) is 63.9. The van der Waals surface area contributed by atoms with Gasteiger partial charge in [0, 0.05) is 42.4 Å². The summed E-state index contributed by atoms with van der Waals surface area (Å²) in [7, 11) is -2.40. The first-order valence-electron chi connectivity index (χ1n) is 19.5. The second-order valence-corrected chi connectivity index (χ2v) is 17.9. The zero-order valence-electron chi connectivity index (χ0n) is 32.0. The maximum Gasteiger partial charge on any atom is 0.318 e. The van der Waals surface area contributed by atoms with Crippen molar-refractivity contribution in [3.05, 3.63) is 35.9 Å². The molecule has 0 spiro atoms. The molecule has 3 aliphatic heterocycles. The molecule has 2 aromatic rings. The Labute approximate surface area is 321 Å². The zero-order chi connectivity index (χ0) is 39.1. The molecule has 1 aromatic heterocycles. The third-order valence-electron chi connectivity index (χ3n) is 11.8. The van der Waals surface area contributed by atoms with Crippen molar-refractivity contribution >= 4 is 44.7 Å². The lowest BCUT2D eigenvalue weighted by molar-refractivity contribution is -0.141. The number of nitrogens with zero attached hydrogens (tertiary/aromatic N) is 3. The largest absolute Gasteiger partial charge is 0.496 e. The molecule has 55 heavy (non-hydrogen) atoms. The summed E-state index contributed by atoms with van der Waals surface area (Å²) in [6, 6.07) is 3.05. The monoisotopic (exact) mass is 780 g/mol. The maximum absolute atomic E-state index is 14.6. The Hall–Kier alpha value is -4.60. The second kappa shape index (κ2) is 15.1. The molecule has 5 atom stereocenters. The Morgan fingerprint density at radius 3 is 2.56 bits per heavy atom. The fraction of sp³-hybridized carbons (Fsp3) is 0.615. The molecular weight excluding hydrogens is 729 g/mol. The number of fused-ring (bicyclic) bond motifs is 3. The molecule has 3 N–H and O–H groups in total. The van der Waals surface area contributed by atoms with Gasteiger partial charge in [0.15, 0.2) is 0 Å². The molecule has 16 heteroatoms. The van der Waals surface area contributed by atoms with Crippen LogP contribution >= 0.6 is 0 Å². The fourth-order valence-corrected chi connectivity index (χ4v) is 9.10. The smallest absolute Gasteiger partial charge is 0.318 e. The SMILES string of the molecule is CCOc1cc(O[C@@H]2C[C@H]3C(=O)N[C@]4(C(=O)NS(=O)(=O)C5(C)CC5)C[C@H]4/C=C\CCCCC[C@H](NC(=O)N4CCC4)C(=O)N3C2)c2ccc(OC)c(C)c2n1. The van der Waals surface area contributed by atoms with Crippen LogP contribution in [0.15, 0.2) is 30.4 Å². The fourth-order valence-electron chi connectivity index (χ4n) is 7.78. The molecule has 15 nitrogen and oxygen atoms in total. The highest BCUT2D eigenvalue weighted by atomic mass is 32.2. The number of ether oxygens (including phenoxy) is 3. The quantitative estimate of drug-likeness (QED) is 0.319. The number of hydrogen-bond acceptors (Lipinski definition) is 10. The molecule has 298 valence electrons. The molecule has 0 bridgehead atoms. The van der Waals surface area contributed by atoms with Crippen LogP contribution in [0.2, 0.25) is 0 Å². The van der Waals surface area contributed by atoms with Gasteiger partial charge in [-0.2, -0.15) is 0 Å². The number of carbonyl (C=O) groups is 4. The average molecular weight is 781 g/mol. The Morgan fingerprint density at radius 2 is 1.87 bits per heavy atom. The first-order valence-corrected chi connectivity index (χ1v) is 21.0. The van der Waals surface area contributed by atoms with Gasteiger partial charge in [-0.3, -0.25) is 19.1 Å². The van der Waals surface area contributed by atoms with E-state index < -0.39 is 62.1 Å². The van der Waals surface area contributed by atoms with Crippen LogP contribution < -0.4 is 29.6 Å². The molecule has 0 radical (unpaired) electrons. The van der Waals surface area contributed by atoms with Crippen LogP contribution in [0.5, 0.6) is 17.4 Å². The first-order chi connectivity index (χ1) is 26.3. The third-order valence-corrected chi connectivity index (χ3v) is 14.0. The number of allylic oxidation sites excluding steroid dienone is 1. The van der Waals surface area contributed by atoms with Gasteiger partial charge >= 0.3 is 6.03 Å². The molecule has 2 saturated heterocycles. The van der Waals surface area contributed by atoms with Crippen molar-refractivity contribution in [1.82, 2.24) is 30.1 Å². The molecule has 0 unspecified atom stereocenters. The number of benzene rings is 1. The lowest BCUT2D eigenvalue weighted by Gasteiger charge is -2.34. The van der Waals surface area contributed by atoms with Crippen molar-refractivity contribution in [1.29, 1.82) is 0 Å². The molecule has 4 heterocycles. The predicted molar refractivity (Wildman–Crippen MR) is 203 cm³/mol. The molecule has 5 aliphatic rings. The third kappa shape index (κ3) is 7.66. The highest BCUT2D eigenvalue weighted by molar-refractivity contribution is 7.91. The van der Waals surface area contributed by atoms with Crippen molar-refractivity contribution in [2.45, 2.75) is 113 Å². The van der Waals surface area contributed by atoms with Crippen LogP contribution in [0.25, 0.3) is 10.9 Å². The van der Waals surface area contributed by atoms with Gasteiger partial charge in [-0.1, -0.05) is 25.0 Å². The van der Waals surface area contributed by atoms with Gasteiger partial charge in [0.05, 0.1) is 30.5 Å². The van der Waals surface area contributed by atoms with Gasteiger partial charge in [-0.25, -0.2) is 18.2 Å². The zero-order valence-corrected chi connectivity index (χ0v) is 32.8. The Morgan fingerprint density at radius 1 is 1.09 bits per heavy atom.